The Kier molecular flexibility index (Phi) is 4.09. The second-order valence-corrected chi connectivity index (χ2v) is 7.88. The Balaban J connectivity index is 1.59. The molecule has 3 aliphatic rings. The molecule has 2 aromatic rings. The Hall–Kier alpha value is -2.86. The van der Waals surface area contributed by atoms with E-state index in [2.05, 4.69) is 21.7 Å². The zero-order valence-corrected chi connectivity index (χ0v) is 16.0. The summed E-state index contributed by atoms with van der Waals surface area (Å²) >= 11 is 0. The first kappa shape index (κ1) is 17.3. The number of benzene rings is 1. The van der Waals surface area contributed by atoms with Gasteiger partial charge in [-0.25, -0.2) is 0 Å². The quantitative estimate of drug-likeness (QED) is 0.705. The molecule has 5 rings (SSSR count). The topological polar surface area (TPSA) is 77.2 Å². The van der Waals surface area contributed by atoms with Crippen LogP contribution in [0.4, 0.5) is 5.69 Å². The van der Waals surface area contributed by atoms with Crippen LogP contribution in [0.5, 0.6) is 0 Å². The number of aromatic amines is 1. The number of nitrogens with one attached hydrogen (secondary N) is 3. The van der Waals surface area contributed by atoms with Gasteiger partial charge in [-0.2, -0.15) is 0 Å². The number of nitrogens with zero attached hydrogens (tertiary/aromatic N) is 1. The van der Waals surface area contributed by atoms with Crippen molar-refractivity contribution in [1.82, 2.24) is 15.2 Å². The zero-order valence-electron chi connectivity index (χ0n) is 16.0. The second kappa shape index (κ2) is 6.63. The molecular weight excluding hydrogens is 352 g/mol. The van der Waals surface area contributed by atoms with Crippen molar-refractivity contribution in [1.29, 1.82) is 0 Å². The maximum atomic E-state index is 12.8. The fraction of sp³-hybridized carbons (Fsp3) is 0.364. The summed E-state index contributed by atoms with van der Waals surface area (Å²) in [5, 5.41) is 6.44. The predicted molar refractivity (Wildman–Crippen MR) is 109 cm³/mol. The summed E-state index contributed by atoms with van der Waals surface area (Å²) in [6, 6.07) is 6.16. The number of hydrogen-bond acceptors (Lipinski definition) is 3. The first-order chi connectivity index (χ1) is 13.6. The number of piperidine rings is 1. The van der Waals surface area contributed by atoms with Gasteiger partial charge in [0, 0.05) is 36.7 Å². The molecule has 144 valence electrons. The molecular formula is C22H24N4O2. The summed E-state index contributed by atoms with van der Waals surface area (Å²) in [7, 11) is 1.82. The lowest BCUT2D eigenvalue weighted by molar-refractivity contribution is -0.110. The Labute approximate surface area is 164 Å². The molecule has 2 amide bonds. The molecule has 6 heteroatoms. The molecule has 0 bridgehead atoms. The average molecular weight is 376 g/mol. The number of H-pyrrole nitrogens is 1. The van der Waals surface area contributed by atoms with Crippen LogP contribution < -0.4 is 10.6 Å². The summed E-state index contributed by atoms with van der Waals surface area (Å²) in [5.74, 6) is 0.424. The highest BCUT2D eigenvalue weighted by atomic mass is 16.2. The molecule has 0 saturated carbocycles. The van der Waals surface area contributed by atoms with Crippen LogP contribution in [0, 0.1) is 0 Å². The van der Waals surface area contributed by atoms with E-state index in [4.69, 9.17) is 0 Å². The predicted octanol–water partition coefficient (Wildman–Crippen LogP) is 2.60. The van der Waals surface area contributed by atoms with Gasteiger partial charge in [-0.05, 0) is 61.5 Å². The number of carbonyl (C=O) groups excluding carboxylic acids is 2. The third kappa shape index (κ3) is 2.67. The molecule has 28 heavy (non-hydrogen) atoms. The molecule has 3 aliphatic heterocycles. The van der Waals surface area contributed by atoms with Gasteiger partial charge in [0.15, 0.2) is 0 Å². The van der Waals surface area contributed by atoms with Gasteiger partial charge in [0.2, 0.25) is 0 Å². The number of amides is 2. The number of rotatable bonds is 2. The van der Waals surface area contributed by atoms with Crippen LogP contribution in [0.3, 0.4) is 0 Å². The lowest BCUT2D eigenvalue weighted by Crippen LogP contribution is -2.33. The average Bonchev–Trinajstić information content (AvgIpc) is 3.27. The van der Waals surface area contributed by atoms with Crippen LogP contribution in [0.25, 0.3) is 11.6 Å². The van der Waals surface area contributed by atoms with E-state index in [1.807, 2.05) is 25.3 Å². The Morgan fingerprint density at radius 1 is 1.18 bits per heavy atom. The van der Waals surface area contributed by atoms with Gasteiger partial charge < -0.3 is 20.5 Å². The molecule has 1 saturated heterocycles. The highest BCUT2D eigenvalue weighted by Gasteiger charge is 2.31. The monoisotopic (exact) mass is 376 g/mol. The van der Waals surface area contributed by atoms with E-state index < -0.39 is 0 Å². The molecule has 1 aromatic carbocycles. The number of carbonyl (C=O) groups is 2. The fourth-order valence-electron chi connectivity index (χ4n) is 4.68. The molecule has 0 aliphatic carbocycles. The maximum Gasteiger partial charge on any atom is 0.256 e. The fourth-order valence-corrected chi connectivity index (χ4v) is 4.68. The number of hydrogen-bond donors (Lipinski definition) is 3. The zero-order chi connectivity index (χ0) is 19.3. The van der Waals surface area contributed by atoms with Crippen molar-refractivity contribution in [3.05, 3.63) is 52.3 Å². The lowest BCUT2D eigenvalue weighted by atomic mass is 9.84. The van der Waals surface area contributed by atoms with Crippen LogP contribution in [-0.4, -0.2) is 48.4 Å². The van der Waals surface area contributed by atoms with Gasteiger partial charge in [0.1, 0.15) is 0 Å². The molecule has 3 N–H and O–H groups in total. The third-order valence-electron chi connectivity index (χ3n) is 6.22. The van der Waals surface area contributed by atoms with Crippen LogP contribution in [0.2, 0.25) is 0 Å². The molecule has 0 spiro atoms. The van der Waals surface area contributed by atoms with Crippen molar-refractivity contribution < 1.29 is 9.59 Å². The van der Waals surface area contributed by atoms with Gasteiger partial charge in [0.25, 0.3) is 11.8 Å². The minimum atomic E-state index is -0.0704. The number of likely N-dealkylation sites (N-methyl/N-ethyl adjacent to an activating group) is 1. The van der Waals surface area contributed by atoms with Gasteiger partial charge in [-0.15, -0.1) is 0 Å². The van der Waals surface area contributed by atoms with E-state index in [-0.39, 0.29) is 11.8 Å². The molecule has 0 unspecified atom stereocenters. The van der Waals surface area contributed by atoms with Crippen molar-refractivity contribution in [3.8, 4) is 0 Å². The molecule has 0 radical (unpaired) electrons. The van der Waals surface area contributed by atoms with E-state index in [0.29, 0.717) is 23.6 Å². The van der Waals surface area contributed by atoms with Crippen molar-refractivity contribution in [2.75, 3.05) is 32.0 Å². The first-order valence-electron chi connectivity index (χ1n) is 9.96. The molecule has 4 heterocycles. The Morgan fingerprint density at radius 2 is 2.00 bits per heavy atom. The van der Waals surface area contributed by atoms with E-state index in [9.17, 15) is 9.59 Å². The van der Waals surface area contributed by atoms with Crippen LogP contribution in [-0.2, 0) is 11.2 Å². The largest absolute Gasteiger partial charge is 0.361 e. The van der Waals surface area contributed by atoms with Gasteiger partial charge in [0.05, 0.1) is 11.1 Å². The van der Waals surface area contributed by atoms with Crippen LogP contribution in [0.1, 0.15) is 51.5 Å². The molecule has 6 nitrogen and oxygen atoms in total. The summed E-state index contributed by atoms with van der Waals surface area (Å²) in [6.07, 6.45) is 6.66. The highest BCUT2D eigenvalue weighted by Crippen LogP contribution is 2.41. The van der Waals surface area contributed by atoms with E-state index in [1.165, 1.54) is 5.56 Å². The van der Waals surface area contributed by atoms with Crippen LogP contribution in [0.15, 0.2) is 24.4 Å². The second-order valence-electron chi connectivity index (χ2n) is 7.88. The molecule has 1 aromatic heterocycles. The number of fused-ring (bicyclic) bond motifs is 2. The SMILES string of the molecule is CN1CCc2c(c[nH]c2/C=C2\C(=O)Nc3cccc(C4CCNCC4)c32)C1=O. The van der Waals surface area contributed by atoms with Crippen molar-refractivity contribution in [2.24, 2.45) is 0 Å². The Morgan fingerprint density at radius 3 is 2.82 bits per heavy atom. The molecule has 1 fully saturated rings. The van der Waals surface area contributed by atoms with Gasteiger partial charge in [-0.1, -0.05) is 12.1 Å². The first-order valence-corrected chi connectivity index (χ1v) is 9.96. The van der Waals surface area contributed by atoms with E-state index in [0.717, 1.165) is 54.9 Å². The summed E-state index contributed by atoms with van der Waals surface area (Å²) in [4.78, 5) is 30.2. The van der Waals surface area contributed by atoms with Crippen molar-refractivity contribution in [2.45, 2.75) is 25.2 Å². The third-order valence-corrected chi connectivity index (χ3v) is 6.22. The minimum absolute atomic E-state index is 0.0359. The highest BCUT2D eigenvalue weighted by molar-refractivity contribution is 6.35. The summed E-state index contributed by atoms with van der Waals surface area (Å²) < 4.78 is 0. The lowest BCUT2D eigenvalue weighted by Gasteiger charge is -2.25. The van der Waals surface area contributed by atoms with E-state index >= 15 is 0 Å². The Bertz CT molecular complexity index is 998. The minimum Gasteiger partial charge on any atom is -0.361 e. The molecule has 0 atom stereocenters. The number of aromatic nitrogens is 1. The van der Waals surface area contributed by atoms with E-state index in [1.54, 1.807) is 11.1 Å². The van der Waals surface area contributed by atoms with Crippen LogP contribution >= 0.6 is 0 Å². The maximum absolute atomic E-state index is 12.8. The van der Waals surface area contributed by atoms with Gasteiger partial charge in [-0.3, -0.25) is 9.59 Å². The van der Waals surface area contributed by atoms with Crippen molar-refractivity contribution in [3.63, 3.8) is 0 Å². The van der Waals surface area contributed by atoms with Gasteiger partial charge >= 0.3 is 0 Å². The van der Waals surface area contributed by atoms with Crippen molar-refractivity contribution >= 4 is 29.2 Å². The summed E-state index contributed by atoms with van der Waals surface area (Å²) in [5.41, 5.74) is 6.46. The smallest absolute Gasteiger partial charge is 0.256 e. The standard InChI is InChI=1S/C22H24N4O2/c1-26-10-7-15-17(22(26)28)12-24-19(15)11-16-20-14(13-5-8-23-9-6-13)3-2-4-18(20)25-21(16)27/h2-4,11-13,23-24H,5-10H2,1H3,(H,25,27)/b16-11-. The summed E-state index contributed by atoms with van der Waals surface area (Å²) in [6.45, 7) is 2.71. The normalized spacial score (nSPS) is 21.0. The number of anilines is 1.